The maximum absolute atomic E-state index is 8.85. The molecule has 2 aromatic rings. The maximum atomic E-state index is 8.85. The topological polar surface area (TPSA) is 54.7 Å². The summed E-state index contributed by atoms with van der Waals surface area (Å²) in [6.07, 6.45) is 1.82. The summed E-state index contributed by atoms with van der Waals surface area (Å²) in [7, 11) is 0. The number of para-hydroxylation sites is 2. The summed E-state index contributed by atoms with van der Waals surface area (Å²) in [5.74, 6) is 0. The van der Waals surface area contributed by atoms with Gasteiger partial charge in [-0.3, -0.25) is 0 Å². The second-order valence-electron chi connectivity index (χ2n) is 2.93. The van der Waals surface area contributed by atoms with Crippen LogP contribution in [0, 0.1) is 11.3 Å². The molecule has 0 amide bonds. The third-order valence-electron chi connectivity index (χ3n) is 2.06. The van der Waals surface area contributed by atoms with E-state index in [2.05, 4.69) is 6.07 Å². The minimum Gasteiger partial charge on any atom is -0.397 e. The van der Waals surface area contributed by atoms with Crippen LogP contribution in [0.3, 0.4) is 0 Å². The third-order valence-corrected chi connectivity index (χ3v) is 2.06. The summed E-state index contributed by atoms with van der Waals surface area (Å²) in [6.45, 7) is 0. The lowest BCUT2D eigenvalue weighted by molar-refractivity contribution is 1.06. The van der Waals surface area contributed by atoms with E-state index in [4.69, 9.17) is 11.0 Å². The van der Waals surface area contributed by atoms with Crippen LogP contribution in [0.5, 0.6) is 0 Å². The Morgan fingerprint density at radius 3 is 2.64 bits per heavy atom. The van der Waals surface area contributed by atoms with Crippen molar-refractivity contribution in [3.05, 3.63) is 48.3 Å². The zero-order valence-corrected chi connectivity index (χ0v) is 7.51. The number of aromatic nitrogens is 1. The molecule has 0 aliphatic heterocycles. The summed E-state index contributed by atoms with van der Waals surface area (Å²) in [5, 5.41) is 8.85. The molecule has 0 spiro atoms. The molecule has 0 radical (unpaired) electrons. The minimum atomic E-state index is 0.586. The fourth-order valence-electron chi connectivity index (χ4n) is 1.39. The largest absolute Gasteiger partial charge is 0.397 e. The number of nitrogens with zero attached hydrogens (tertiary/aromatic N) is 2. The molecular formula is C11H9N3. The normalized spacial score (nSPS) is 9.64. The van der Waals surface area contributed by atoms with Crippen molar-refractivity contribution in [3.63, 3.8) is 0 Å². The first-order valence-electron chi connectivity index (χ1n) is 4.25. The Labute approximate surface area is 82.0 Å². The molecule has 0 aliphatic rings. The number of benzene rings is 1. The molecule has 0 saturated carbocycles. The standard InChI is InChI=1S/C11H9N3/c12-8-9-4-3-7-14(9)11-6-2-1-5-10(11)13/h1-7H,13H2. The lowest BCUT2D eigenvalue weighted by atomic mass is 10.2. The van der Waals surface area contributed by atoms with Crippen LogP contribution >= 0.6 is 0 Å². The van der Waals surface area contributed by atoms with Crippen LogP contribution in [-0.2, 0) is 0 Å². The zero-order valence-electron chi connectivity index (χ0n) is 7.51. The van der Waals surface area contributed by atoms with Crippen LogP contribution in [-0.4, -0.2) is 4.57 Å². The Hall–Kier alpha value is -2.21. The van der Waals surface area contributed by atoms with Crippen LogP contribution in [0.2, 0.25) is 0 Å². The van der Waals surface area contributed by atoms with Crippen molar-refractivity contribution in [1.82, 2.24) is 4.57 Å². The molecule has 1 heterocycles. The van der Waals surface area contributed by atoms with E-state index in [1.54, 1.807) is 10.6 Å². The molecular weight excluding hydrogens is 174 g/mol. The highest BCUT2D eigenvalue weighted by molar-refractivity contribution is 5.59. The molecule has 3 heteroatoms. The van der Waals surface area contributed by atoms with E-state index in [0.717, 1.165) is 5.69 Å². The van der Waals surface area contributed by atoms with Gasteiger partial charge in [0.1, 0.15) is 11.8 Å². The van der Waals surface area contributed by atoms with Crippen LogP contribution in [0.25, 0.3) is 5.69 Å². The first kappa shape index (κ1) is 8.39. The predicted molar refractivity (Wildman–Crippen MR) is 54.9 cm³/mol. The van der Waals surface area contributed by atoms with Crippen molar-refractivity contribution < 1.29 is 0 Å². The van der Waals surface area contributed by atoms with Gasteiger partial charge in [-0.25, -0.2) is 0 Å². The van der Waals surface area contributed by atoms with Crippen molar-refractivity contribution in [1.29, 1.82) is 5.26 Å². The summed E-state index contributed by atoms with van der Waals surface area (Å²) in [4.78, 5) is 0. The van der Waals surface area contributed by atoms with Gasteiger partial charge in [-0.1, -0.05) is 12.1 Å². The van der Waals surface area contributed by atoms with Gasteiger partial charge in [0.2, 0.25) is 0 Å². The first-order chi connectivity index (χ1) is 6.83. The van der Waals surface area contributed by atoms with Gasteiger partial charge in [-0.2, -0.15) is 5.26 Å². The predicted octanol–water partition coefficient (Wildman–Crippen LogP) is 1.93. The summed E-state index contributed by atoms with van der Waals surface area (Å²) in [6, 6.07) is 13.2. The van der Waals surface area contributed by atoms with Gasteiger partial charge >= 0.3 is 0 Å². The van der Waals surface area contributed by atoms with Crippen LogP contribution in [0.15, 0.2) is 42.6 Å². The Kier molecular flexibility index (Phi) is 1.96. The molecule has 68 valence electrons. The molecule has 0 fully saturated rings. The van der Waals surface area contributed by atoms with Gasteiger partial charge in [-0.15, -0.1) is 0 Å². The van der Waals surface area contributed by atoms with Crippen molar-refractivity contribution >= 4 is 5.69 Å². The first-order valence-corrected chi connectivity index (χ1v) is 4.25. The van der Waals surface area contributed by atoms with Gasteiger partial charge in [0.25, 0.3) is 0 Å². The summed E-state index contributed by atoms with van der Waals surface area (Å²) < 4.78 is 1.77. The fourth-order valence-corrected chi connectivity index (χ4v) is 1.39. The minimum absolute atomic E-state index is 0.586. The van der Waals surface area contributed by atoms with Gasteiger partial charge in [0.05, 0.1) is 11.4 Å². The average Bonchev–Trinajstić information content (AvgIpc) is 2.66. The Morgan fingerprint density at radius 1 is 1.14 bits per heavy atom. The van der Waals surface area contributed by atoms with E-state index in [9.17, 15) is 0 Å². The second kappa shape index (κ2) is 3.27. The van der Waals surface area contributed by atoms with Crippen molar-refractivity contribution in [3.8, 4) is 11.8 Å². The third kappa shape index (κ3) is 1.23. The highest BCUT2D eigenvalue weighted by Crippen LogP contribution is 2.18. The lowest BCUT2D eigenvalue weighted by Gasteiger charge is -2.07. The molecule has 1 aromatic carbocycles. The number of hydrogen-bond acceptors (Lipinski definition) is 2. The smallest absolute Gasteiger partial charge is 0.124 e. The van der Waals surface area contributed by atoms with Gasteiger partial charge < -0.3 is 10.3 Å². The second-order valence-corrected chi connectivity index (χ2v) is 2.93. The summed E-state index contributed by atoms with van der Waals surface area (Å²) in [5.41, 5.74) is 7.90. The van der Waals surface area contributed by atoms with Gasteiger partial charge in [0, 0.05) is 6.20 Å². The van der Waals surface area contributed by atoms with Crippen molar-refractivity contribution in [2.24, 2.45) is 0 Å². The molecule has 2 rings (SSSR count). The number of hydrogen-bond donors (Lipinski definition) is 1. The number of rotatable bonds is 1. The van der Waals surface area contributed by atoms with Crippen molar-refractivity contribution in [2.75, 3.05) is 5.73 Å². The van der Waals surface area contributed by atoms with Gasteiger partial charge in [0.15, 0.2) is 0 Å². The van der Waals surface area contributed by atoms with Crippen LogP contribution in [0.1, 0.15) is 5.69 Å². The summed E-state index contributed by atoms with van der Waals surface area (Å²) >= 11 is 0. The molecule has 0 bridgehead atoms. The molecule has 14 heavy (non-hydrogen) atoms. The van der Waals surface area contributed by atoms with E-state index in [1.807, 2.05) is 36.5 Å². The molecule has 1 aromatic heterocycles. The molecule has 0 aliphatic carbocycles. The zero-order chi connectivity index (χ0) is 9.97. The molecule has 0 atom stereocenters. The van der Waals surface area contributed by atoms with E-state index < -0.39 is 0 Å². The molecule has 2 N–H and O–H groups in total. The number of nitrogen functional groups attached to an aromatic ring is 1. The molecule has 0 unspecified atom stereocenters. The average molecular weight is 183 g/mol. The van der Waals surface area contributed by atoms with Gasteiger partial charge in [-0.05, 0) is 24.3 Å². The number of nitrogens with two attached hydrogens (primary N) is 1. The molecule has 3 nitrogen and oxygen atoms in total. The Morgan fingerprint density at radius 2 is 1.93 bits per heavy atom. The van der Waals surface area contributed by atoms with E-state index >= 15 is 0 Å². The number of anilines is 1. The Bertz CT molecular complexity index is 491. The highest BCUT2D eigenvalue weighted by atomic mass is 15.0. The van der Waals surface area contributed by atoms with Crippen molar-refractivity contribution in [2.45, 2.75) is 0 Å². The fraction of sp³-hybridized carbons (Fsp3) is 0. The maximum Gasteiger partial charge on any atom is 0.124 e. The van der Waals surface area contributed by atoms with E-state index in [-0.39, 0.29) is 0 Å². The van der Waals surface area contributed by atoms with Crippen LogP contribution < -0.4 is 5.73 Å². The van der Waals surface area contributed by atoms with E-state index in [0.29, 0.717) is 11.4 Å². The lowest BCUT2D eigenvalue weighted by Crippen LogP contribution is -1.99. The Balaban J connectivity index is 2.62. The SMILES string of the molecule is N#Cc1cccn1-c1ccccc1N. The van der Waals surface area contributed by atoms with Crippen LogP contribution in [0.4, 0.5) is 5.69 Å². The molecule has 0 saturated heterocycles. The monoisotopic (exact) mass is 183 g/mol. The quantitative estimate of drug-likeness (QED) is 0.687. The highest BCUT2D eigenvalue weighted by Gasteiger charge is 2.03. The van der Waals surface area contributed by atoms with E-state index in [1.165, 1.54) is 0 Å². The number of nitriles is 1.